The summed E-state index contributed by atoms with van der Waals surface area (Å²) < 4.78 is 0. The van der Waals surface area contributed by atoms with E-state index >= 15 is 0 Å². The summed E-state index contributed by atoms with van der Waals surface area (Å²) in [7, 11) is 0. The van der Waals surface area contributed by atoms with Gasteiger partial charge in [0.1, 0.15) is 5.84 Å². The fraction of sp³-hybridized carbons (Fsp3) is 0.545. The van der Waals surface area contributed by atoms with Gasteiger partial charge >= 0.3 is 0 Å². The van der Waals surface area contributed by atoms with E-state index in [0.717, 1.165) is 54.0 Å². The number of allylic oxidation sites excluding steroid dienone is 1. The molecule has 2 aliphatic carbocycles. The predicted octanol–water partition coefficient (Wildman–Crippen LogP) is 3.82. The molecule has 1 saturated carbocycles. The lowest BCUT2D eigenvalue weighted by molar-refractivity contribution is 0.0994. The number of carbonyl (C=O) groups is 1. The number of rotatable bonds is 5. The zero-order valence-electron chi connectivity index (χ0n) is 16.6. The summed E-state index contributed by atoms with van der Waals surface area (Å²) >= 11 is 0. The first-order valence-corrected chi connectivity index (χ1v) is 9.95. The van der Waals surface area contributed by atoms with Crippen LogP contribution in [0.5, 0.6) is 0 Å². The number of ketones is 1. The van der Waals surface area contributed by atoms with Crippen molar-refractivity contribution in [2.75, 3.05) is 5.32 Å². The van der Waals surface area contributed by atoms with Crippen LogP contribution in [-0.4, -0.2) is 28.4 Å². The average Bonchev–Trinajstić information content (AvgIpc) is 3.20. The van der Waals surface area contributed by atoms with E-state index < -0.39 is 0 Å². The number of benzene rings is 1. The van der Waals surface area contributed by atoms with Crippen molar-refractivity contribution in [2.45, 2.75) is 70.9 Å². The number of hydrogen-bond donors (Lipinski definition) is 3. The Balaban J connectivity index is 1.86. The minimum Gasteiger partial charge on any atom is -0.402 e. The maximum Gasteiger partial charge on any atom is 0.163 e. The normalized spacial score (nSPS) is 23.6. The van der Waals surface area contributed by atoms with Crippen LogP contribution >= 0.6 is 0 Å². The van der Waals surface area contributed by atoms with Crippen LogP contribution in [0.3, 0.4) is 0 Å². The average molecular weight is 370 g/mol. The highest BCUT2D eigenvalue weighted by Crippen LogP contribution is 2.30. The molecule has 3 rings (SSSR count). The monoisotopic (exact) mass is 369 g/mol. The van der Waals surface area contributed by atoms with E-state index in [-0.39, 0.29) is 23.3 Å². The number of anilines is 1. The van der Waals surface area contributed by atoms with Crippen LogP contribution < -0.4 is 11.1 Å². The molecule has 5 nitrogen and oxygen atoms in total. The van der Waals surface area contributed by atoms with Crippen LogP contribution in [0.1, 0.15) is 68.8 Å². The lowest BCUT2D eigenvalue weighted by Crippen LogP contribution is -2.23. The minimum atomic E-state index is -0.253. The number of aryl methyl sites for hydroxylation is 1. The molecule has 1 aromatic carbocycles. The van der Waals surface area contributed by atoms with Crippen LogP contribution in [-0.2, 0) is 6.42 Å². The molecule has 1 fully saturated rings. The lowest BCUT2D eigenvalue weighted by atomic mass is 10.0. The van der Waals surface area contributed by atoms with Gasteiger partial charge in [0.15, 0.2) is 5.78 Å². The first-order chi connectivity index (χ1) is 12.8. The van der Waals surface area contributed by atoms with Crippen LogP contribution in [0.25, 0.3) is 0 Å². The Kier molecular flexibility index (Phi) is 5.70. The Morgan fingerprint density at radius 1 is 1.37 bits per heavy atom. The van der Waals surface area contributed by atoms with E-state index in [1.165, 1.54) is 0 Å². The summed E-state index contributed by atoms with van der Waals surface area (Å²) in [6.07, 6.45) is 6.40. The van der Waals surface area contributed by atoms with E-state index in [2.05, 4.69) is 26.1 Å². The fourth-order valence-corrected chi connectivity index (χ4v) is 3.72. The summed E-state index contributed by atoms with van der Waals surface area (Å²) in [4.78, 5) is 16.7. The van der Waals surface area contributed by atoms with Gasteiger partial charge in [0.05, 0.1) is 11.6 Å². The Labute approximate surface area is 161 Å². The third-order valence-electron chi connectivity index (χ3n) is 5.77. The summed E-state index contributed by atoms with van der Waals surface area (Å²) in [5.74, 6) is 1.15. The maximum atomic E-state index is 11.9. The second-order valence-corrected chi connectivity index (χ2v) is 8.39. The lowest BCUT2D eigenvalue weighted by Gasteiger charge is -2.20. The molecule has 0 amide bonds. The molecule has 2 atom stereocenters. The molecule has 0 spiro atoms. The molecular formula is C22H31N3O2. The molecule has 5 heteroatoms. The number of fused-ring (bicyclic) bond motifs is 1. The topological polar surface area (TPSA) is 87.7 Å². The van der Waals surface area contributed by atoms with Gasteiger partial charge in [-0.05, 0) is 75.8 Å². The van der Waals surface area contributed by atoms with Gasteiger partial charge in [-0.15, -0.1) is 0 Å². The van der Waals surface area contributed by atoms with Crippen molar-refractivity contribution in [2.24, 2.45) is 16.6 Å². The number of nitrogens with two attached hydrogens (primary N) is 1. The van der Waals surface area contributed by atoms with Gasteiger partial charge in [0.25, 0.3) is 0 Å². The summed E-state index contributed by atoms with van der Waals surface area (Å²) in [6, 6.07) is 5.87. The molecule has 0 saturated heterocycles. The molecule has 0 radical (unpaired) electrons. The second kappa shape index (κ2) is 7.85. The standard InChI is InChI=1S/C22H31N3O2/c1-4-22(2,3)25-21(13-19(23)15-5-8-17(26)12-15)24-16-7-9-18-14(11-16)6-10-20(18)27/h7,9,11,13,15,17,26H,4-6,8,10,12,23H2,1-3H3,(H,24,25)/b19-13-. The number of aliphatic hydroxyl groups excluding tert-OH is 1. The molecule has 2 unspecified atom stereocenters. The molecule has 4 N–H and O–H groups in total. The third-order valence-corrected chi connectivity index (χ3v) is 5.77. The van der Waals surface area contributed by atoms with Gasteiger partial charge in [-0.2, -0.15) is 0 Å². The third kappa shape index (κ3) is 4.78. The SMILES string of the molecule is CCC(C)(C)N=C(/C=C(\N)C1CCC(O)C1)Nc1ccc2c(c1)CCC2=O. The van der Waals surface area contributed by atoms with Crippen molar-refractivity contribution >= 4 is 17.3 Å². The van der Waals surface area contributed by atoms with Crippen molar-refractivity contribution in [1.29, 1.82) is 0 Å². The highest BCUT2D eigenvalue weighted by Gasteiger charge is 2.25. The number of nitrogens with one attached hydrogen (secondary N) is 1. The largest absolute Gasteiger partial charge is 0.402 e. The molecule has 146 valence electrons. The molecule has 0 aromatic heterocycles. The van der Waals surface area contributed by atoms with Crippen LogP contribution in [0, 0.1) is 5.92 Å². The quantitative estimate of drug-likeness (QED) is 0.544. The molecule has 0 heterocycles. The molecule has 27 heavy (non-hydrogen) atoms. The summed E-state index contributed by atoms with van der Waals surface area (Å²) in [5, 5.41) is 13.2. The number of aliphatic imine (C=N–C) groups is 1. The van der Waals surface area contributed by atoms with Gasteiger partial charge in [0.2, 0.25) is 0 Å². The van der Waals surface area contributed by atoms with Gasteiger partial charge in [-0.25, -0.2) is 0 Å². The van der Waals surface area contributed by atoms with E-state index in [0.29, 0.717) is 12.8 Å². The molecule has 0 bridgehead atoms. The zero-order valence-corrected chi connectivity index (χ0v) is 16.6. The predicted molar refractivity (Wildman–Crippen MR) is 110 cm³/mol. The van der Waals surface area contributed by atoms with Crippen LogP contribution in [0.15, 0.2) is 35.0 Å². The van der Waals surface area contributed by atoms with Gasteiger partial charge in [0, 0.05) is 29.3 Å². The molecular weight excluding hydrogens is 338 g/mol. The number of nitrogens with zero attached hydrogens (tertiary/aromatic N) is 1. The number of Topliss-reactive ketones (excluding diaryl/α,β-unsaturated/α-hetero) is 1. The van der Waals surface area contributed by atoms with Gasteiger partial charge in [-0.1, -0.05) is 6.92 Å². The zero-order chi connectivity index (χ0) is 19.6. The van der Waals surface area contributed by atoms with Gasteiger partial charge in [-0.3, -0.25) is 9.79 Å². The Bertz CT molecular complexity index is 780. The first-order valence-electron chi connectivity index (χ1n) is 9.95. The van der Waals surface area contributed by atoms with Crippen molar-refractivity contribution < 1.29 is 9.90 Å². The first kappa shape index (κ1) is 19.6. The number of aliphatic hydroxyl groups is 1. The highest BCUT2D eigenvalue weighted by atomic mass is 16.3. The summed E-state index contributed by atoms with van der Waals surface area (Å²) in [6.45, 7) is 6.31. The van der Waals surface area contributed by atoms with Crippen molar-refractivity contribution in [1.82, 2.24) is 0 Å². The summed E-state index contributed by atoms with van der Waals surface area (Å²) in [5.41, 5.74) is 9.76. The minimum absolute atomic E-state index is 0.203. The number of amidine groups is 1. The second-order valence-electron chi connectivity index (χ2n) is 8.39. The molecule has 1 aromatic rings. The maximum absolute atomic E-state index is 11.9. The van der Waals surface area contributed by atoms with E-state index in [1.54, 1.807) is 0 Å². The van der Waals surface area contributed by atoms with Crippen LogP contribution in [0.4, 0.5) is 5.69 Å². The van der Waals surface area contributed by atoms with Crippen molar-refractivity contribution in [3.8, 4) is 0 Å². The van der Waals surface area contributed by atoms with Crippen molar-refractivity contribution in [3.05, 3.63) is 41.1 Å². The Morgan fingerprint density at radius 2 is 2.15 bits per heavy atom. The van der Waals surface area contributed by atoms with Crippen molar-refractivity contribution in [3.63, 3.8) is 0 Å². The molecule has 0 aliphatic heterocycles. The molecule has 2 aliphatic rings. The van der Waals surface area contributed by atoms with Crippen LogP contribution in [0.2, 0.25) is 0 Å². The Hall–Kier alpha value is -2.14. The van der Waals surface area contributed by atoms with E-state index in [4.69, 9.17) is 10.7 Å². The number of hydrogen-bond acceptors (Lipinski definition) is 4. The number of carbonyl (C=O) groups excluding carboxylic acids is 1. The highest BCUT2D eigenvalue weighted by molar-refractivity contribution is 6.05. The fourth-order valence-electron chi connectivity index (χ4n) is 3.72. The smallest absolute Gasteiger partial charge is 0.163 e. The van der Waals surface area contributed by atoms with E-state index in [9.17, 15) is 9.90 Å². The Morgan fingerprint density at radius 3 is 2.81 bits per heavy atom. The van der Waals surface area contributed by atoms with E-state index in [1.807, 2.05) is 24.3 Å². The van der Waals surface area contributed by atoms with Gasteiger partial charge < -0.3 is 16.2 Å².